The van der Waals surface area contributed by atoms with Gasteiger partial charge >= 0.3 is 0 Å². The summed E-state index contributed by atoms with van der Waals surface area (Å²) < 4.78 is 23.4. The number of guanidine groups is 1. The Hall–Kier alpha value is -1.08. The number of nitrogens with one attached hydrogen (secondary N) is 2. The van der Waals surface area contributed by atoms with Crippen molar-refractivity contribution in [3.05, 3.63) is 22.4 Å². The smallest absolute Gasteiger partial charge is 0.191 e. The van der Waals surface area contributed by atoms with Crippen molar-refractivity contribution in [2.24, 2.45) is 10.4 Å². The van der Waals surface area contributed by atoms with Crippen LogP contribution in [-0.4, -0.2) is 46.0 Å². The molecule has 0 saturated heterocycles. The second-order valence-corrected chi connectivity index (χ2v) is 11.5. The molecule has 2 aliphatic rings. The van der Waals surface area contributed by atoms with E-state index in [1.54, 1.807) is 0 Å². The lowest BCUT2D eigenvalue weighted by Crippen LogP contribution is -2.46. The second-order valence-electron chi connectivity index (χ2n) is 8.44. The van der Waals surface area contributed by atoms with Crippen LogP contribution >= 0.6 is 11.3 Å². The van der Waals surface area contributed by atoms with Gasteiger partial charge in [-0.05, 0) is 44.1 Å². The van der Waals surface area contributed by atoms with Gasteiger partial charge in [0.05, 0.1) is 5.75 Å². The largest absolute Gasteiger partial charge is 0.357 e. The van der Waals surface area contributed by atoms with Gasteiger partial charge in [0, 0.05) is 41.6 Å². The first kappa shape index (κ1) is 20.6. The fourth-order valence-corrected chi connectivity index (χ4v) is 6.72. The van der Waals surface area contributed by atoms with Gasteiger partial charge < -0.3 is 10.6 Å². The van der Waals surface area contributed by atoms with Crippen LogP contribution in [0.4, 0.5) is 0 Å². The normalized spacial score (nSPS) is 21.6. The number of rotatable bonds is 8. The zero-order valence-electron chi connectivity index (χ0n) is 16.6. The molecule has 2 saturated carbocycles. The summed E-state index contributed by atoms with van der Waals surface area (Å²) in [5, 5.41) is 9.09. The second kappa shape index (κ2) is 8.52. The number of thiophene rings is 1. The van der Waals surface area contributed by atoms with Gasteiger partial charge in [0.2, 0.25) is 0 Å². The first-order valence-electron chi connectivity index (χ1n) is 10.1. The van der Waals surface area contributed by atoms with E-state index in [9.17, 15) is 8.42 Å². The lowest BCUT2D eigenvalue weighted by molar-refractivity contribution is 0.296. The maximum atomic E-state index is 11.7. The minimum atomic E-state index is -2.96. The van der Waals surface area contributed by atoms with Gasteiger partial charge in [-0.25, -0.2) is 8.42 Å². The highest BCUT2D eigenvalue weighted by atomic mass is 32.2. The van der Waals surface area contributed by atoms with Gasteiger partial charge in [-0.15, -0.1) is 11.3 Å². The maximum absolute atomic E-state index is 11.7. The maximum Gasteiger partial charge on any atom is 0.191 e. The molecule has 27 heavy (non-hydrogen) atoms. The van der Waals surface area contributed by atoms with Crippen molar-refractivity contribution >= 4 is 27.1 Å². The minimum Gasteiger partial charge on any atom is -0.357 e. The highest BCUT2D eigenvalue weighted by Crippen LogP contribution is 2.47. The molecule has 2 aliphatic carbocycles. The third kappa shape index (κ3) is 5.70. The molecule has 0 aromatic carbocycles. The summed E-state index contributed by atoms with van der Waals surface area (Å²) >= 11 is 1.86. The first-order chi connectivity index (χ1) is 12.9. The van der Waals surface area contributed by atoms with E-state index in [0.29, 0.717) is 6.54 Å². The van der Waals surface area contributed by atoms with Crippen LogP contribution in [0.1, 0.15) is 56.7 Å². The van der Waals surface area contributed by atoms with E-state index in [1.807, 2.05) is 11.3 Å². The molecule has 1 aromatic rings. The molecule has 2 N–H and O–H groups in total. The van der Waals surface area contributed by atoms with Crippen molar-refractivity contribution < 1.29 is 8.42 Å². The average molecular weight is 412 g/mol. The van der Waals surface area contributed by atoms with E-state index in [-0.39, 0.29) is 16.6 Å². The van der Waals surface area contributed by atoms with Crippen LogP contribution in [-0.2, 0) is 15.3 Å². The number of hydrogen-bond acceptors (Lipinski definition) is 4. The van der Waals surface area contributed by atoms with E-state index in [2.05, 4.69) is 35.1 Å². The predicted molar refractivity (Wildman–Crippen MR) is 114 cm³/mol. The van der Waals surface area contributed by atoms with Gasteiger partial charge in [-0.3, -0.25) is 4.99 Å². The lowest BCUT2D eigenvalue weighted by atomic mass is 9.73. The van der Waals surface area contributed by atoms with Gasteiger partial charge in [0.25, 0.3) is 0 Å². The van der Waals surface area contributed by atoms with Crippen LogP contribution in [0.5, 0.6) is 0 Å². The Morgan fingerprint density at radius 3 is 2.48 bits per heavy atom. The molecule has 152 valence electrons. The zero-order valence-corrected chi connectivity index (χ0v) is 18.2. The lowest BCUT2D eigenvalue weighted by Gasteiger charge is -2.37. The fraction of sp³-hybridized carbons (Fsp3) is 0.750. The molecule has 0 bridgehead atoms. The van der Waals surface area contributed by atoms with Crippen molar-refractivity contribution in [3.63, 3.8) is 0 Å². The van der Waals surface area contributed by atoms with E-state index in [0.717, 1.165) is 31.9 Å². The third-order valence-electron chi connectivity index (χ3n) is 5.89. The van der Waals surface area contributed by atoms with Crippen LogP contribution in [0.2, 0.25) is 0 Å². The summed E-state index contributed by atoms with van der Waals surface area (Å²) in [7, 11) is -2.96. The van der Waals surface area contributed by atoms with Gasteiger partial charge in [-0.1, -0.05) is 25.3 Å². The van der Waals surface area contributed by atoms with Gasteiger partial charge in [0.1, 0.15) is 9.84 Å². The Balaban J connectivity index is 1.66. The van der Waals surface area contributed by atoms with E-state index >= 15 is 0 Å². The topological polar surface area (TPSA) is 70.6 Å². The van der Waals surface area contributed by atoms with Crippen molar-refractivity contribution in [1.29, 1.82) is 0 Å². The van der Waals surface area contributed by atoms with Crippen molar-refractivity contribution in [2.45, 2.75) is 57.3 Å². The van der Waals surface area contributed by atoms with Crippen molar-refractivity contribution in [1.82, 2.24) is 10.6 Å². The van der Waals surface area contributed by atoms with Crippen molar-refractivity contribution in [3.8, 4) is 0 Å². The molecule has 2 fully saturated rings. The number of nitrogens with zero attached hydrogens (tertiary/aromatic N) is 1. The summed E-state index contributed by atoms with van der Waals surface area (Å²) in [5.74, 6) is 1.07. The Bertz CT molecular complexity index is 731. The van der Waals surface area contributed by atoms with Gasteiger partial charge in [-0.2, -0.15) is 0 Å². The Labute approximate surface area is 168 Å². The Kier molecular flexibility index (Phi) is 6.51. The van der Waals surface area contributed by atoms with E-state index in [4.69, 9.17) is 4.99 Å². The predicted octanol–water partition coefficient (Wildman–Crippen LogP) is 3.33. The molecule has 1 aromatic heterocycles. The third-order valence-corrected chi connectivity index (χ3v) is 8.14. The van der Waals surface area contributed by atoms with E-state index < -0.39 is 9.84 Å². The molecule has 7 heteroatoms. The summed E-state index contributed by atoms with van der Waals surface area (Å²) in [6, 6.07) is 4.42. The molecule has 0 radical (unpaired) electrons. The van der Waals surface area contributed by atoms with Crippen LogP contribution in [0, 0.1) is 5.41 Å². The molecule has 0 aliphatic heterocycles. The van der Waals surface area contributed by atoms with Crippen LogP contribution in [0.15, 0.2) is 22.5 Å². The van der Waals surface area contributed by atoms with Crippen LogP contribution in [0.25, 0.3) is 0 Å². The molecule has 0 spiro atoms. The molecule has 0 atom stereocenters. The van der Waals surface area contributed by atoms with Crippen LogP contribution in [0.3, 0.4) is 0 Å². The average Bonchev–Trinajstić information content (AvgIpc) is 3.14. The van der Waals surface area contributed by atoms with Crippen molar-refractivity contribution in [2.75, 3.05) is 31.6 Å². The molecule has 5 nitrogen and oxygen atoms in total. The Morgan fingerprint density at radius 1 is 1.19 bits per heavy atom. The molecule has 1 heterocycles. The molecular formula is C20H33N3O2S2. The highest BCUT2D eigenvalue weighted by Gasteiger charge is 2.45. The standard InChI is InChI=1S/C20H33N3O2S2/c1-3-21-18(22-14-19(11-12-19)16-27(2,24)25)23-15-20(9-5-4-6-10-20)17-8-7-13-26-17/h7-8,13H,3-6,9-12,14-16H2,1-2H3,(H2,21,22,23). The minimum absolute atomic E-state index is 0.133. The van der Waals surface area contributed by atoms with Crippen LogP contribution < -0.4 is 10.6 Å². The number of sulfone groups is 1. The fourth-order valence-electron chi connectivity index (χ4n) is 4.24. The highest BCUT2D eigenvalue weighted by molar-refractivity contribution is 7.90. The summed E-state index contributed by atoms with van der Waals surface area (Å²) in [6.07, 6.45) is 9.58. The molecule has 3 rings (SSSR count). The summed E-state index contributed by atoms with van der Waals surface area (Å²) in [4.78, 5) is 6.24. The summed E-state index contributed by atoms with van der Waals surface area (Å²) in [5.41, 5.74) is 0.0683. The molecule has 0 unspecified atom stereocenters. The van der Waals surface area contributed by atoms with Gasteiger partial charge in [0.15, 0.2) is 5.96 Å². The number of hydrogen-bond donors (Lipinski definition) is 2. The first-order valence-corrected chi connectivity index (χ1v) is 13.0. The quantitative estimate of drug-likeness (QED) is 0.508. The SMILES string of the molecule is CCNC(=NCC1(CS(C)(=O)=O)CC1)NCC1(c2cccs2)CCCCC1. The molecule has 0 amide bonds. The molecular weight excluding hydrogens is 378 g/mol. The Morgan fingerprint density at radius 2 is 1.93 bits per heavy atom. The summed E-state index contributed by atoms with van der Waals surface area (Å²) in [6.45, 7) is 4.34. The monoisotopic (exact) mass is 411 g/mol. The number of aliphatic imine (C=N–C) groups is 1. The zero-order chi connectivity index (χ0) is 19.4. The van der Waals surface area contributed by atoms with E-state index in [1.165, 1.54) is 43.2 Å².